The first-order valence-corrected chi connectivity index (χ1v) is 6.59. The van der Waals surface area contributed by atoms with Crippen LogP contribution in [0, 0.1) is 0 Å². The first-order valence-electron chi connectivity index (χ1n) is 6.21. The number of rotatable bonds is 6. The number of benzene rings is 1. The molecule has 4 nitrogen and oxygen atoms in total. The van der Waals surface area contributed by atoms with Gasteiger partial charge in [-0.2, -0.15) is 0 Å². The Morgan fingerprint density at radius 2 is 2.11 bits per heavy atom. The number of ether oxygens (including phenoxy) is 1. The molecule has 0 amide bonds. The van der Waals surface area contributed by atoms with Crippen LogP contribution in [0.1, 0.15) is 49.8 Å². The van der Waals surface area contributed by atoms with E-state index in [9.17, 15) is 4.79 Å². The average Bonchev–Trinajstić information content (AvgIpc) is 2.35. The maximum Gasteiger partial charge on any atom is 0.303 e. The fraction of sp³-hybridized carbons (Fsp3) is 0.500. The highest BCUT2D eigenvalue weighted by Gasteiger charge is 2.17. The van der Waals surface area contributed by atoms with Gasteiger partial charge in [-0.3, -0.25) is 4.79 Å². The fourth-order valence-corrected chi connectivity index (χ4v) is 2.15. The molecule has 0 heterocycles. The molecule has 1 aromatic rings. The quantitative estimate of drug-likeness (QED) is 0.841. The van der Waals surface area contributed by atoms with Crippen molar-refractivity contribution >= 4 is 17.6 Å². The molecule has 1 aromatic carbocycles. The molecule has 0 bridgehead atoms. The van der Waals surface area contributed by atoms with Crippen molar-refractivity contribution in [2.45, 2.75) is 38.6 Å². The summed E-state index contributed by atoms with van der Waals surface area (Å²) in [5.74, 6) is 0.0313. The summed E-state index contributed by atoms with van der Waals surface area (Å²) in [6.07, 6.45) is 0.367. The molecule has 0 fully saturated rings. The van der Waals surface area contributed by atoms with Crippen LogP contribution in [-0.2, 0) is 4.79 Å². The lowest BCUT2D eigenvalue weighted by Gasteiger charge is -2.18. The second-order valence-corrected chi connectivity index (χ2v) is 5.20. The zero-order chi connectivity index (χ0) is 14.6. The van der Waals surface area contributed by atoms with Crippen LogP contribution in [0.5, 0.6) is 5.75 Å². The number of nitrogens with two attached hydrogens (primary N) is 1. The predicted octanol–water partition coefficient (Wildman–Crippen LogP) is 3.34. The van der Waals surface area contributed by atoms with Crippen LogP contribution in [0.2, 0.25) is 5.02 Å². The van der Waals surface area contributed by atoms with E-state index in [1.54, 1.807) is 7.11 Å². The Morgan fingerprint density at radius 3 is 2.58 bits per heavy atom. The first kappa shape index (κ1) is 15.8. The minimum absolute atomic E-state index is 0.0196. The van der Waals surface area contributed by atoms with Crippen molar-refractivity contribution in [2.24, 2.45) is 5.73 Å². The summed E-state index contributed by atoms with van der Waals surface area (Å²) in [5, 5.41) is 9.17. The molecule has 19 heavy (non-hydrogen) atoms. The first-order chi connectivity index (χ1) is 8.86. The number of carboxylic acid groups (broad SMARTS) is 1. The van der Waals surface area contributed by atoms with Crippen LogP contribution in [-0.4, -0.2) is 18.2 Å². The maximum absolute atomic E-state index is 10.6. The van der Waals surface area contributed by atoms with E-state index in [-0.39, 0.29) is 6.42 Å². The highest BCUT2D eigenvalue weighted by atomic mass is 35.5. The third-order valence-electron chi connectivity index (χ3n) is 3.04. The summed E-state index contributed by atoms with van der Waals surface area (Å²) >= 11 is 6.24. The van der Waals surface area contributed by atoms with E-state index in [1.165, 1.54) is 0 Å². The summed E-state index contributed by atoms with van der Waals surface area (Å²) in [6.45, 7) is 4.13. The van der Waals surface area contributed by atoms with Crippen molar-refractivity contribution in [3.63, 3.8) is 0 Å². The van der Waals surface area contributed by atoms with E-state index in [4.69, 9.17) is 27.2 Å². The van der Waals surface area contributed by atoms with E-state index in [0.717, 1.165) is 11.1 Å². The molecule has 0 spiro atoms. The molecule has 106 valence electrons. The number of hydrogen-bond donors (Lipinski definition) is 2. The van der Waals surface area contributed by atoms with E-state index in [2.05, 4.69) is 13.8 Å². The standard InChI is InChI=1S/C14H20ClNO3/c1-8(2)9-6-10(11(16)4-5-13(17)18)14(15)12(7-9)19-3/h6-8,11H,4-5,16H2,1-3H3,(H,17,18). The fourth-order valence-electron chi connectivity index (χ4n) is 1.83. The summed E-state index contributed by atoms with van der Waals surface area (Å²) < 4.78 is 5.25. The van der Waals surface area contributed by atoms with Gasteiger partial charge in [-0.1, -0.05) is 31.5 Å². The molecule has 0 aliphatic carbocycles. The van der Waals surface area contributed by atoms with Crippen LogP contribution in [0.25, 0.3) is 0 Å². The van der Waals surface area contributed by atoms with Gasteiger partial charge in [0.25, 0.3) is 0 Å². The van der Waals surface area contributed by atoms with Crippen LogP contribution in [0.4, 0.5) is 0 Å². The van der Waals surface area contributed by atoms with Gasteiger partial charge in [-0.25, -0.2) is 0 Å². The summed E-state index contributed by atoms with van der Waals surface area (Å²) in [6, 6.07) is 3.42. The van der Waals surface area contributed by atoms with Gasteiger partial charge in [0.1, 0.15) is 5.75 Å². The van der Waals surface area contributed by atoms with Crippen molar-refractivity contribution in [1.29, 1.82) is 0 Å². The third-order valence-corrected chi connectivity index (χ3v) is 3.45. The van der Waals surface area contributed by atoms with Crippen molar-refractivity contribution < 1.29 is 14.6 Å². The molecule has 0 radical (unpaired) electrons. The Morgan fingerprint density at radius 1 is 1.47 bits per heavy atom. The number of carboxylic acids is 1. The Bertz CT molecular complexity index is 460. The molecule has 5 heteroatoms. The predicted molar refractivity (Wildman–Crippen MR) is 75.9 cm³/mol. The third kappa shape index (κ3) is 4.11. The van der Waals surface area contributed by atoms with Crippen molar-refractivity contribution in [2.75, 3.05) is 7.11 Å². The van der Waals surface area contributed by atoms with Crippen LogP contribution < -0.4 is 10.5 Å². The molecule has 1 unspecified atom stereocenters. The zero-order valence-electron chi connectivity index (χ0n) is 11.4. The number of hydrogen-bond acceptors (Lipinski definition) is 3. The minimum Gasteiger partial charge on any atom is -0.495 e. The SMILES string of the molecule is COc1cc(C(C)C)cc(C(N)CCC(=O)O)c1Cl. The summed E-state index contributed by atoms with van der Waals surface area (Å²) in [7, 11) is 1.55. The Balaban J connectivity index is 3.10. The normalized spacial score (nSPS) is 12.5. The largest absolute Gasteiger partial charge is 0.495 e. The van der Waals surface area contributed by atoms with E-state index >= 15 is 0 Å². The minimum atomic E-state index is -0.862. The Kier molecular flexibility index (Phi) is 5.63. The lowest BCUT2D eigenvalue weighted by atomic mass is 9.95. The smallest absolute Gasteiger partial charge is 0.303 e. The summed E-state index contributed by atoms with van der Waals surface area (Å²) in [5.41, 5.74) is 7.85. The van der Waals surface area contributed by atoms with Crippen LogP contribution in [0.15, 0.2) is 12.1 Å². The maximum atomic E-state index is 10.6. The van der Waals surface area contributed by atoms with Gasteiger partial charge in [-0.05, 0) is 29.5 Å². The highest BCUT2D eigenvalue weighted by Crippen LogP contribution is 2.36. The number of halogens is 1. The lowest BCUT2D eigenvalue weighted by molar-refractivity contribution is -0.137. The molecule has 1 atom stereocenters. The summed E-state index contributed by atoms with van der Waals surface area (Å²) in [4.78, 5) is 10.6. The van der Waals surface area contributed by atoms with E-state index in [0.29, 0.717) is 23.1 Å². The molecule has 0 aliphatic rings. The molecule has 0 saturated heterocycles. The van der Waals surface area contributed by atoms with E-state index in [1.807, 2.05) is 12.1 Å². The molecular formula is C14H20ClNO3. The van der Waals surface area contributed by atoms with Gasteiger partial charge in [0.2, 0.25) is 0 Å². The number of aliphatic carboxylic acids is 1. The molecule has 3 N–H and O–H groups in total. The van der Waals surface area contributed by atoms with Gasteiger partial charge in [0.05, 0.1) is 12.1 Å². The van der Waals surface area contributed by atoms with Crippen molar-refractivity contribution in [1.82, 2.24) is 0 Å². The van der Waals surface area contributed by atoms with Gasteiger partial charge in [0, 0.05) is 12.5 Å². The average molecular weight is 286 g/mol. The van der Waals surface area contributed by atoms with Gasteiger partial charge >= 0.3 is 5.97 Å². The Labute approximate surface area is 118 Å². The van der Waals surface area contributed by atoms with Crippen molar-refractivity contribution in [3.8, 4) is 5.75 Å². The lowest BCUT2D eigenvalue weighted by Crippen LogP contribution is -2.13. The highest BCUT2D eigenvalue weighted by molar-refractivity contribution is 6.32. The van der Waals surface area contributed by atoms with Gasteiger partial charge in [-0.15, -0.1) is 0 Å². The van der Waals surface area contributed by atoms with Crippen molar-refractivity contribution in [3.05, 3.63) is 28.3 Å². The number of methoxy groups -OCH3 is 1. The van der Waals surface area contributed by atoms with Gasteiger partial charge < -0.3 is 15.6 Å². The topological polar surface area (TPSA) is 72.5 Å². The van der Waals surface area contributed by atoms with Crippen LogP contribution >= 0.6 is 11.6 Å². The molecular weight excluding hydrogens is 266 g/mol. The van der Waals surface area contributed by atoms with E-state index < -0.39 is 12.0 Å². The second-order valence-electron chi connectivity index (χ2n) is 4.82. The number of carbonyl (C=O) groups is 1. The zero-order valence-corrected chi connectivity index (χ0v) is 12.2. The van der Waals surface area contributed by atoms with Gasteiger partial charge in [0.15, 0.2) is 0 Å². The molecule has 0 aliphatic heterocycles. The molecule has 0 saturated carbocycles. The molecule has 1 rings (SSSR count). The Hall–Kier alpha value is -1.26. The second kappa shape index (κ2) is 6.78. The monoisotopic (exact) mass is 285 g/mol. The molecule has 0 aromatic heterocycles. The van der Waals surface area contributed by atoms with Crippen LogP contribution in [0.3, 0.4) is 0 Å².